The quantitative estimate of drug-likeness (QED) is 0.170. The van der Waals surface area contributed by atoms with Crippen molar-refractivity contribution < 1.29 is 0 Å². The predicted molar refractivity (Wildman–Crippen MR) is 146 cm³/mol. The molecule has 0 aromatic rings. The number of fused-ring (bicyclic) bond motifs is 2. The van der Waals surface area contributed by atoms with Gasteiger partial charge in [0.25, 0.3) is 0 Å². The van der Waals surface area contributed by atoms with Gasteiger partial charge in [-0.1, -0.05) is 96.4 Å². The van der Waals surface area contributed by atoms with Crippen molar-refractivity contribution in [1.82, 2.24) is 5.32 Å². The van der Waals surface area contributed by atoms with Crippen molar-refractivity contribution in [2.75, 3.05) is 13.1 Å². The minimum absolute atomic E-state index is 0.856. The second-order valence-corrected chi connectivity index (χ2v) is 12.1. The van der Waals surface area contributed by atoms with Gasteiger partial charge in [-0.05, 0) is 106 Å². The summed E-state index contributed by atoms with van der Waals surface area (Å²) in [5.41, 5.74) is 3.62. The Morgan fingerprint density at radius 1 is 0.909 bits per heavy atom. The summed E-state index contributed by atoms with van der Waals surface area (Å²) in [6, 6.07) is 0. The second-order valence-electron chi connectivity index (χ2n) is 12.1. The van der Waals surface area contributed by atoms with Gasteiger partial charge in [0.15, 0.2) is 0 Å². The summed E-state index contributed by atoms with van der Waals surface area (Å²) in [5.74, 6) is 6.46. The molecule has 1 N–H and O–H groups in total. The standard InChI is InChI=1S/C32H57N/c1-6-10-13-24(5)32(31(26(9-4)12-7-2)14-11-18-33-17-8-3)20-25-15-16-27-21-29(27)23-30-22-28(30)19-25/h16,19,24,26,28-33H,6-15,17-18,20-23H2,1-5H3. The molecule has 1 heteroatoms. The molecule has 0 spiro atoms. The van der Waals surface area contributed by atoms with Crippen molar-refractivity contribution in [2.24, 2.45) is 41.4 Å². The average Bonchev–Trinajstić information content (AvgIpc) is 3.74. The molecule has 0 aromatic heterocycles. The summed E-state index contributed by atoms with van der Waals surface area (Å²) in [6.45, 7) is 14.5. The Bertz CT molecular complexity index is 616. The highest BCUT2D eigenvalue weighted by atomic mass is 14.8. The monoisotopic (exact) mass is 455 g/mol. The van der Waals surface area contributed by atoms with Crippen LogP contribution in [0.5, 0.6) is 0 Å². The molecule has 2 fully saturated rings. The molecule has 0 amide bonds. The van der Waals surface area contributed by atoms with E-state index in [1.165, 1.54) is 103 Å². The lowest BCUT2D eigenvalue weighted by Crippen LogP contribution is -2.30. The van der Waals surface area contributed by atoms with Crippen LogP contribution in [0.4, 0.5) is 0 Å². The van der Waals surface area contributed by atoms with Crippen LogP contribution in [0.25, 0.3) is 0 Å². The fourth-order valence-corrected chi connectivity index (χ4v) is 7.08. The molecule has 0 aromatic carbocycles. The fourth-order valence-electron chi connectivity index (χ4n) is 7.08. The van der Waals surface area contributed by atoms with Crippen LogP contribution in [-0.4, -0.2) is 13.1 Å². The third kappa shape index (κ3) is 8.55. The first-order valence-corrected chi connectivity index (χ1v) is 15.2. The van der Waals surface area contributed by atoms with E-state index in [0.29, 0.717) is 0 Å². The van der Waals surface area contributed by atoms with E-state index in [1.807, 2.05) is 5.57 Å². The van der Waals surface area contributed by atoms with Crippen molar-refractivity contribution in [3.63, 3.8) is 0 Å². The molecule has 7 atom stereocenters. The second kappa shape index (κ2) is 14.1. The van der Waals surface area contributed by atoms with Gasteiger partial charge in [0.2, 0.25) is 0 Å². The molecule has 33 heavy (non-hydrogen) atoms. The number of nitrogens with one attached hydrogen (secondary N) is 1. The summed E-state index contributed by atoms with van der Waals surface area (Å²) in [5, 5.41) is 3.69. The highest BCUT2D eigenvalue weighted by molar-refractivity contribution is 5.29. The summed E-state index contributed by atoms with van der Waals surface area (Å²) in [6.07, 6.45) is 24.9. The van der Waals surface area contributed by atoms with Gasteiger partial charge in [0.1, 0.15) is 0 Å². The Kier molecular flexibility index (Phi) is 11.6. The van der Waals surface area contributed by atoms with E-state index in [0.717, 1.165) is 41.4 Å². The van der Waals surface area contributed by atoms with E-state index in [-0.39, 0.29) is 0 Å². The highest BCUT2D eigenvalue weighted by Gasteiger charge is 2.43. The van der Waals surface area contributed by atoms with Gasteiger partial charge in [-0.3, -0.25) is 0 Å². The van der Waals surface area contributed by atoms with Gasteiger partial charge in [-0.2, -0.15) is 0 Å². The Morgan fingerprint density at radius 2 is 1.76 bits per heavy atom. The molecule has 1 nitrogen and oxygen atoms in total. The Labute approximate surface area is 207 Å². The first-order valence-electron chi connectivity index (χ1n) is 15.2. The first-order chi connectivity index (χ1) is 16.1. The lowest BCUT2D eigenvalue weighted by Gasteiger charge is -2.38. The molecular formula is C32H57N. The lowest BCUT2D eigenvalue weighted by molar-refractivity contribution is 0.135. The van der Waals surface area contributed by atoms with Crippen LogP contribution in [0.1, 0.15) is 125 Å². The van der Waals surface area contributed by atoms with Gasteiger partial charge in [-0.15, -0.1) is 0 Å². The van der Waals surface area contributed by atoms with Crippen molar-refractivity contribution in [3.8, 4) is 0 Å². The summed E-state index contributed by atoms with van der Waals surface area (Å²) < 4.78 is 0. The van der Waals surface area contributed by atoms with Gasteiger partial charge in [0, 0.05) is 0 Å². The normalized spacial score (nSPS) is 27.6. The zero-order valence-corrected chi connectivity index (χ0v) is 23.0. The molecule has 0 saturated heterocycles. The molecule has 2 saturated carbocycles. The van der Waals surface area contributed by atoms with Gasteiger partial charge in [0.05, 0.1) is 0 Å². The first kappa shape index (κ1) is 27.0. The molecule has 3 aliphatic carbocycles. The third-order valence-corrected chi connectivity index (χ3v) is 9.39. The summed E-state index contributed by atoms with van der Waals surface area (Å²) in [4.78, 5) is 0. The SMILES string of the molecule is CCCCC(C)C(CC1=CC2CC2CC2CC2=CC1)C(CCCNCCC)C(CC)CCC. The number of allylic oxidation sites excluding steroid dienone is 4. The van der Waals surface area contributed by atoms with Crippen molar-refractivity contribution in [2.45, 2.75) is 125 Å². The van der Waals surface area contributed by atoms with Crippen molar-refractivity contribution >= 4 is 0 Å². The molecule has 190 valence electrons. The molecule has 3 rings (SSSR count). The molecule has 0 aliphatic heterocycles. The molecule has 7 unspecified atom stereocenters. The van der Waals surface area contributed by atoms with E-state index in [2.05, 4.69) is 52.1 Å². The zero-order valence-electron chi connectivity index (χ0n) is 23.0. The number of hydrogen-bond acceptors (Lipinski definition) is 1. The molecule has 3 aliphatic rings. The van der Waals surface area contributed by atoms with E-state index in [9.17, 15) is 0 Å². The largest absolute Gasteiger partial charge is 0.317 e. The van der Waals surface area contributed by atoms with Crippen LogP contribution in [-0.2, 0) is 0 Å². The van der Waals surface area contributed by atoms with Crippen molar-refractivity contribution in [1.29, 1.82) is 0 Å². The topological polar surface area (TPSA) is 12.0 Å². The number of unbranched alkanes of at least 4 members (excludes halogenated alkanes) is 1. The average molecular weight is 456 g/mol. The fraction of sp³-hybridized carbons (Fsp3) is 0.875. The maximum absolute atomic E-state index is 3.69. The van der Waals surface area contributed by atoms with E-state index in [1.54, 1.807) is 5.57 Å². The minimum Gasteiger partial charge on any atom is -0.317 e. The number of hydrogen-bond donors (Lipinski definition) is 1. The molecular weight excluding hydrogens is 398 g/mol. The highest BCUT2D eigenvalue weighted by Crippen LogP contribution is 2.54. The van der Waals surface area contributed by atoms with Crippen LogP contribution < -0.4 is 5.32 Å². The third-order valence-electron chi connectivity index (χ3n) is 9.39. The van der Waals surface area contributed by atoms with Crippen molar-refractivity contribution in [3.05, 3.63) is 23.3 Å². The van der Waals surface area contributed by atoms with Gasteiger partial charge < -0.3 is 5.32 Å². The van der Waals surface area contributed by atoms with Crippen LogP contribution in [0.2, 0.25) is 0 Å². The molecule has 0 radical (unpaired) electrons. The van der Waals surface area contributed by atoms with E-state index >= 15 is 0 Å². The van der Waals surface area contributed by atoms with Crippen LogP contribution in [0.15, 0.2) is 23.3 Å². The summed E-state index contributed by atoms with van der Waals surface area (Å²) in [7, 11) is 0. The Morgan fingerprint density at radius 3 is 2.48 bits per heavy atom. The Balaban J connectivity index is 1.76. The lowest BCUT2D eigenvalue weighted by atomic mass is 9.67. The van der Waals surface area contributed by atoms with Gasteiger partial charge in [-0.25, -0.2) is 0 Å². The molecule has 0 bridgehead atoms. The summed E-state index contributed by atoms with van der Waals surface area (Å²) >= 11 is 0. The predicted octanol–water partition coefficient (Wildman–Crippen LogP) is 9.34. The number of rotatable bonds is 17. The maximum atomic E-state index is 3.69. The van der Waals surface area contributed by atoms with Crippen LogP contribution >= 0.6 is 0 Å². The van der Waals surface area contributed by atoms with E-state index < -0.39 is 0 Å². The minimum atomic E-state index is 0.856. The van der Waals surface area contributed by atoms with Crippen LogP contribution in [0.3, 0.4) is 0 Å². The molecule has 0 heterocycles. The van der Waals surface area contributed by atoms with E-state index in [4.69, 9.17) is 0 Å². The maximum Gasteiger partial charge on any atom is -0.00488 e. The zero-order chi connectivity index (χ0) is 23.6. The Hall–Kier alpha value is -0.560. The van der Waals surface area contributed by atoms with Crippen LogP contribution in [0, 0.1) is 41.4 Å². The smallest absolute Gasteiger partial charge is 0.00488 e. The van der Waals surface area contributed by atoms with Gasteiger partial charge >= 0.3 is 0 Å².